The molecule has 0 spiro atoms. The van der Waals surface area contributed by atoms with E-state index in [0.29, 0.717) is 12.6 Å². The highest BCUT2D eigenvalue weighted by atomic mass is 16.5. The Morgan fingerprint density at radius 1 is 1.26 bits per heavy atom. The summed E-state index contributed by atoms with van der Waals surface area (Å²) in [5, 5.41) is 6.69. The van der Waals surface area contributed by atoms with Gasteiger partial charge in [0.15, 0.2) is 5.96 Å². The van der Waals surface area contributed by atoms with Crippen LogP contribution >= 0.6 is 0 Å². The van der Waals surface area contributed by atoms with E-state index in [2.05, 4.69) is 21.7 Å². The van der Waals surface area contributed by atoms with Gasteiger partial charge >= 0.3 is 0 Å². The van der Waals surface area contributed by atoms with Gasteiger partial charge in [-0.15, -0.1) is 0 Å². The Hall–Kier alpha value is -1.75. The molecule has 1 aliphatic heterocycles. The molecule has 1 unspecified atom stereocenters. The lowest BCUT2D eigenvalue weighted by Gasteiger charge is -2.16. The normalized spacial score (nSPS) is 21.3. The first-order valence-electron chi connectivity index (χ1n) is 8.62. The Kier molecular flexibility index (Phi) is 5.75. The number of aliphatic imine (C=N–C) groups is 1. The first-order chi connectivity index (χ1) is 11.3. The number of nitrogens with one attached hydrogen (secondary N) is 2. The molecule has 5 nitrogen and oxygen atoms in total. The van der Waals surface area contributed by atoms with E-state index in [1.54, 1.807) is 7.05 Å². The molecule has 3 rings (SSSR count). The lowest BCUT2D eigenvalue weighted by molar-refractivity contribution is 0.114. The molecule has 1 saturated heterocycles. The van der Waals surface area contributed by atoms with Crippen LogP contribution in [0.1, 0.15) is 31.2 Å². The molecule has 1 atom stereocenters. The molecule has 1 heterocycles. The summed E-state index contributed by atoms with van der Waals surface area (Å²) in [6.45, 7) is 3.22. The minimum absolute atomic E-state index is 0.308. The molecule has 23 heavy (non-hydrogen) atoms. The third kappa shape index (κ3) is 5.13. The Bertz CT molecular complexity index is 523. The van der Waals surface area contributed by atoms with Gasteiger partial charge in [0.1, 0.15) is 5.75 Å². The van der Waals surface area contributed by atoms with Crippen LogP contribution < -0.4 is 15.4 Å². The lowest BCUT2D eigenvalue weighted by atomic mass is 10.2. The van der Waals surface area contributed by atoms with Gasteiger partial charge in [0.25, 0.3) is 0 Å². The van der Waals surface area contributed by atoms with Gasteiger partial charge in [-0.3, -0.25) is 4.99 Å². The van der Waals surface area contributed by atoms with Crippen LogP contribution in [0.2, 0.25) is 0 Å². The second kappa shape index (κ2) is 8.20. The van der Waals surface area contributed by atoms with Crippen molar-refractivity contribution in [2.45, 2.75) is 38.3 Å². The first kappa shape index (κ1) is 16.1. The van der Waals surface area contributed by atoms with E-state index in [1.165, 1.54) is 12.8 Å². The van der Waals surface area contributed by atoms with Crippen LogP contribution in [0.3, 0.4) is 0 Å². The monoisotopic (exact) mass is 317 g/mol. The smallest absolute Gasteiger partial charge is 0.191 e. The molecule has 0 amide bonds. The maximum Gasteiger partial charge on any atom is 0.191 e. The number of rotatable bonds is 7. The zero-order chi connectivity index (χ0) is 15.9. The number of ether oxygens (including phenoxy) is 2. The van der Waals surface area contributed by atoms with E-state index >= 15 is 0 Å². The maximum absolute atomic E-state index is 5.95. The summed E-state index contributed by atoms with van der Waals surface area (Å²) in [6, 6.07) is 8.21. The molecular formula is C18H27N3O2. The molecule has 2 aliphatic rings. The van der Waals surface area contributed by atoms with Gasteiger partial charge in [-0.25, -0.2) is 0 Å². The largest absolute Gasteiger partial charge is 0.493 e. The number of para-hydroxylation sites is 1. The van der Waals surface area contributed by atoms with Crippen molar-refractivity contribution in [3.63, 3.8) is 0 Å². The van der Waals surface area contributed by atoms with Crippen LogP contribution in [0.4, 0.5) is 0 Å². The van der Waals surface area contributed by atoms with Crippen LogP contribution in [0.5, 0.6) is 5.75 Å². The summed E-state index contributed by atoms with van der Waals surface area (Å²) in [5.74, 6) is 2.54. The predicted octanol–water partition coefficient (Wildman–Crippen LogP) is 2.32. The zero-order valence-corrected chi connectivity index (χ0v) is 13.9. The number of hydrogen-bond donors (Lipinski definition) is 2. The van der Waals surface area contributed by atoms with E-state index in [4.69, 9.17) is 9.47 Å². The molecule has 2 fully saturated rings. The minimum atomic E-state index is 0.308. The maximum atomic E-state index is 5.95. The second-order valence-electron chi connectivity index (χ2n) is 6.30. The van der Waals surface area contributed by atoms with Gasteiger partial charge in [0.2, 0.25) is 0 Å². The van der Waals surface area contributed by atoms with Crippen molar-refractivity contribution < 1.29 is 9.47 Å². The molecule has 1 aliphatic carbocycles. The van der Waals surface area contributed by atoms with Crippen LogP contribution in [0, 0.1) is 5.92 Å². The molecule has 1 aromatic rings. The topological polar surface area (TPSA) is 54.9 Å². The van der Waals surface area contributed by atoms with E-state index < -0.39 is 0 Å². The minimum Gasteiger partial charge on any atom is -0.493 e. The van der Waals surface area contributed by atoms with Crippen molar-refractivity contribution in [1.29, 1.82) is 0 Å². The number of guanidine groups is 1. The van der Waals surface area contributed by atoms with Crippen LogP contribution in [0.25, 0.3) is 0 Å². The Morgan fingerprint density at radius 2 is 2.13 bits per heavy atom. The molecule has 0 aromatic heterocycles. The van der Waals surface area contributed by atoms with Gasteiger partial charge in [0, 0.05) is 32.3 Å². The van der Waals surface area contributed by atoms with Gasteiger partial charge in [-0.2, -0.15) is 0 Å². The molecule has 2 N–H and O–H groups in total. The Morgan fingerprint density at radius 3 is 2.87 bits per heavy atom. The van der Waals surface area contributed by atoms with Crippen molar-refractivity contribution >= 4 is 5.96 Å². The third-order valence-electron chi connectivity index (χ3n) is 4.34. The lowest BCUT2D eigenvalue weighted by Crippen LogP contribution is -2.40. The van der Waals surface area contributed by atoms with Crippen LogP contribution in [-0.2, 0) is 11.3 Å². The zero-order valence-electron chi connectivity index (χ0n) is 13.9. The van der Waals surface area contributed by atoms with Gasteiger partial charge in [-0.1, -0.05) is 18.2 Å². The van der Waals surface area contributed by atoms with Crippen molar-refractivity contribution in [2.75, 3.05) is 26.8 Å². The predicted molar refractivity (Wildman–Crippen MR) is 91.8 cm³/mol. The molecule has 0 radical (unpaired) electrons. The van der Waals surface area contributed by atoms with Crippen molar-refractivity contribution in [1.82, 2.24) is 10.6 Å². The summed E-state index contributed by atoms with van der Waals surface area (Å²) < 4.78 is 11.6. The van der Waals surface area contributed by atoms with Crippen molar-refractivity contribution in [3.05, 3.63) is 29.8 Å². The summed E-state index contributed by atoms with van der Waals surface area (Å²) >= 11 is 0. The summed E-state index contributed by atoms with van der Waals surface area (Å²) in [7, 11) is 1.79. The number of nitrogens with zero attached hydrogens (tertiary/aromatic N) is 1. The molecule has 5 heteroatoms. The average molecular weight is 317 g/mol. The Labute approximate surface area is 138 Å². The molecular weight excluding hydrogens is 290 g/mol. The van der Waals surface area contributed by atoms with E-state index in [0.717, 1.165) is 55.8 Å². The highest BCUT2D eigenvalue weighted by Gasteiger charge is 2.22. The number of benzene rings is 1. The quantitative estimate of drug-likeness (QED) is 0.598. The fraction of sp³-hybridized carbons (Fsp3) is 0.611. The molecule has 126 valence electrons. The summed E-state index contributed by atoms with van der Waals surface area (Å²) in [6.07, 6.45) is 5.20. The van der Waals surface area contributed by atoms with E-state index in [1.807, 2.05) is 18.2 Å². The fourth-order valence-electron chi connectivity index (χ4n) is 2.70. The van der Waals surface area contributed by atoms with Crippen molar-refractivity contribution in [3.8, 4) is 5.75 Å². The summed E-state index contributed by atoms with van der Waals surface area (Å²) in [4.78, 5) is 4.28. The highest BCUT2D eigenvalue weighted by molar-refractivity contribution is 5.79. The standard InChI is InChI=1S/C18H27N3O2/c1-19-18(21-12-16-6-4-10-22-16)20-11-15-5-2-3-7-17(15)23-13-14-8-9-14/h2-3,5,7,14,16H,4,6,8-13H2,1H3,(H2,19,20,21). The average Bonchev–Trinajstić information content (AvgIpc) is 3.27. The van der Waals surface area contributed by atoms with E-state index in [9.17, 15) is 0 Å². The van der Waals surface area contributed by atoms with Crippen molar-refractivity contribution in [2.24, 2.45) is 10.9 Å². The Balaban J connectivity index is 1.47. The fourth-order valence-corrected chi connectivity index (χ4v) is 2.70. The SMILES string of the molecule is CN=C(NCc1ccccc1OCC1CC1)NCC1CCCO1. The third-order valence-corrected chi connectivity index (χ3v) is 4.34. The number of hydrogen-bond acceptors (Lipinski definition) is 3. The second-order valence-corrected chi connectivity index (χ2v) is 6.30. The highest BCUT2D eigenvalue weighted by Crippen LogP contribution is 2.30. The summed E-state index contributed by atoms with van der Waals surface area (Å²) in [5.41, 5.74) is 1.16. The molecule has 0 bridgehead atoms. The molecule has 1 aromatic carbocycles. The van der Waals surface area contributed by atoms with Gasteiger partial charge < -0.3 is 20.1 Å². The first-order valence-corrected chi connectivity index (χ1v) is 8.62. The van der Waals surface area contributed by atoms with Crippen LogP contribution in [0.15, 0.2) is 29.3 Å². The molecule has 1 saturated carbocycles. The van der Waals surface area contributed by atoms with Gasteiger partial charge in [-0.05, 0) is 37.7 Å². The van der Waals surface area contributed by atoms with E-state index in [-0.39, 0.29) is 0 Å². The van der Waals surface area contributed by atoms with Gasteiger partial charge in [0.05, 0.1) is 12.7 Å². The van der Waals surface area contributed by atoms with Crippen LogP contribution in [-0.4, -0.2) is 38.9 Å².